The van der Waals surface area contributed by atoms with Crippen LogP contribution in [0.4, 0.5) is 0 Å². The van der Waals surface area contributed by atoms with Gasteiger partial charge in [0.25, 0.3) is 0 Å². The molecule has 0 atom stereocenters. The summed E-state index contributed by atoms with van der Waals surface area (Å²) in [5.74, 6) is 1.92. The second-order valence-electron chi connectivity index (χ2n) is 3.39. The van der Waals surface area contributed by atoms with Gasteiger partial charge in [-0.05, 0) is 20.3 Å². The maximum Gasteiger partial charge on any atom is 0.366 e. The normalized spacial score (nSPS) is 11.7. The van der Waals surface area contributed by atoms with Crippen molar-refractivity contribution in [3.63, 3.8) is 0 Å². The van der Waals surface area contributed by atoms with Crippen molar-refractivity contribution in [2.24, 2.45) is 4.99 Å². The molecule has 0 unspecified atom stereocenters. The lowest BCUT2D eigenvalue weighted by molar-refractivity contribution is 0.229. The largest absolute Gasteiger partial charge is 0.393 e. The van der Waals surface area contributed by atoms with Gasteiger partial charge < -0.3 is 8.85 Å². The van der Waals surface area contributed by atoms with Crippen molar-refractivity contribution >= 4 is 15.1 Å². The Morgan fingerprint density at radius 2 is 1.67 bits per heavy atom. The van der Waals surface area contributed by atoms with E-state index in [2.05, 4.69) is 11.9 Å². The summed E-state index contributed by atoms with van der Waals surface area (Å²) in [6.07, 6.45) is 5.05. The molecule has 0 aliphatic carbocycles. The molecule has 0 saturated carbocycles. The number of unbranched alkanes of at least 4 members (excludes halogenated alkanes) is 3. The maximum atomic E-state index is 5.48. The Bertz CT molecular complexity index is 148. The fourth-order valence-electron chi connectivity index (χ4n) is 1.25. The molecule has 15 heavy (non-hydrogen) atoms. The molecular formula is C11H25NO2Si. The molecule has 0 aliphatic rings. The third kappa shape index (κ3) is 10.1. The average molecular weight is 231 g/mol. The van der Waals surface area contributed by atoms with E-state index >= 15 is 0 Å². The summed E-state index contributed by atoms with van der Waals surface area (Å²) in [6.45, 7) is 8.57. The Labute approximate surface area is 95.7 Å². The van der Waals surface area contributed by atoms with Crippen LogP contribution in [-0.2, 0) is 8.85 Å². The third-order valence-corrected chi connectivity index (χ3v) is 3.81. The van der Waals surface area contributed by atoms with Gasteiger partial charge in [0.2, 0.25) is 0 Å². The van der Waals surface area contributed by atoms with Crippen LogP contribution in [0.3, 0.4) is 0 Å². The number of nitrogens with zero attached hydrogens (tertiary/aromatic N) is 1. The minimum absolute atomic E-state index is 0.721. The quantitative estimate of drug-likeness (QED) is 0.328. The topological polar surface area (TPSA) is 30.8 Å². The van der Waals surface area contributed by atoms with E-state index in [1.807, 2.05) is 19.7 Å². The highest BCUT2D eigenvalue weighted by molar-refractivity contribution is 6.75. The van der Waals surface area contributed by atoms with Gasteiger partial charge in [0.1, 0.15) is 0 Å². The lowest BCUT2D eigenvalue weighted by Crippen LogP contribution is -2.25. The van der Waals surface area contributed by atoms with Gasteiger partial charge in [-0.3, -0.25) is 4.99 Å². The van der Waals surface area contributed by atoms with Gasteiger partial charge in [-0.1, -0.05) is 26.2 Å². The van der Waals surface area contributed by atoms with Gasteiger partial charge in [0.15, 0.2) is 0 Å². The Morgan fingerprint density at radius 3 is 2.20 bits per heavy atom. The first kappa shape index (κ1) is 14.8. The van der Waals surface area contributed by atoms with Crippen molar-refractivity contribution in [1.82, 2.24) is 0 Å². The fourth-order valence-corrected chi connectivity index (χ4v) is 2.50. The van der Waals surface area contributed by atoms with E-state index in [9.17, 15) is 0 Å². The van der Waals surface area contributed by atoms with E-state index in [0.29, 0.717) is 0 Å². The minimum atomic E-state index is -1.58. The smallest absolute Gasteiger partial charge is 0.366 e. The highest BCUT2D eigenvalue weighted by Gasteiger charge is 2.06. The van der Waals surface area contributed by atoms with E-state index in [-0.39, 0.29) is 0 Å². The van der Waals surface area contributed by atoms with E-state index in [1.54, 1.807) is 0 Å². The van der Waals surface area contributed by atoms with Gasteiger partial charge in [-0.15, -0.1) is 0 Å². The first-order valence-electron chi connectivity index (χ1n) is 6.08. The Hall–Kier alpha value is -0.193. The fraction of sp³-hybridized carbons (Fsp3) is 0.909. The summed E-state index contributed by atoms with van der Waals surface area (Å²) in [5, 5.41) is 0. The number of hydrogen-bond acceptors (Lipinski definition) is 3. The molecule has 0 radical (unpaired) electrons. The van der Waals surface area contributed by atoms with Crippen LogP contribution in [0.5, 0.6) is 0 Å². The second kappa shape index (κ2) is 11.9. The van der Waals surface area contributed by atoms with Crippen molar-refractivity contribution in [3.05, 3.63) is 0 Å². The third-order valence-electron chi connectivity index (χ3n) is 2.03. The van der Waals surface area contributed by atoms with Crippen LogP contribution in [0.25, 0.3) is 0 Å². The Kier molecular flexibility index (Phi) is 11.7. The predicted octanol–water partition coefficient (Wildman–Crippen LogP) is 2.47. The molecule has 0 aliphatic heterocycles. The van der Waals surface area contributed by atoms with E-state index in [0.717, 1.165) is 19.8 Å². The molecule has 0 aromatic heterocycles. The SMILES string of the molecule is CCCCCCN=C[SiH](OCC)OCC. The number of hydrogen-bond donors (Lipinski definition) is 0. The summed E-state index contributed by atoms with van der Waals surface area (Å²) >= 11 is 0. The zero-order valence-corrected chi connectivity index (χ0v) is 11.5. The van der Waals surface area contributed by atoms with Crippen molar-refractivity contribution in [2.75, 3.05) is 19.8 Å². The molecular weight excluding hydrogens is 206 g/mol. The highest BCUT2D eigenvalue weighted by atomic mass is 28.3. The zero-order chi connectivity index (χ0) is 11.4. The Morgan fingerprint density at radius 1 is 1.00 bits per heavy atom. The molecule has 0 saturated heterocycles. The average Bonchev–Trinajstić information content (AvgIpc) is 2.24. The summed E-state index contributed by atoms with van der Waals surface area (Å²) in [4.78, 5) is 4.37. The van der Waals surface area contributed by atoms with Crippen molar-refractivity contribution in [2.45, 2.75) is 46.5 Å². The van der Waals surface area contributed by atoms with Crippen molar-refractivity contribution in [3.8, 4) is 0 Å². The van der Waals surface area contributed by atoms with Crippen LogP contribution >= 0.6 is 0 Å². The summed E-state index contributed by atoms with van der Waals surface area (Å²) in [7, 11) is -1.58. The van der Waals surface area contributed by atoms with Crippen LogP contribution in [0, 0.1) is 0 Å². The van der Waals surface area contributed by atoms with E-state index < -0.39 is 9.28 Å². The van der Waals surface area contributed by atoms with Crippen LogP contribution in [0.1, 0.15) is 46.5 Å². The van der Waals surface area contributed by atoms with Crippen LogP contribution in [0.15, 0.2) is 4.99 Å². The number of aliphatic imine (C=N–C) groups is 1. The molecule has 0 rings (SSSR count). The van der Waals surface area contributed by atoms with Crippen LogP contribution < -0.4 is 0 Å². The molecule has 0 spiro atoms. The van der Waals surface area contributed by atoms with E-state index in [4.69, 9.17) is 8.85 Å². The molecule has 0 amide bonds. The van der Waals surface area contributed by atoms with Gasteiger partial charge in [-0.2, -0.15) is 0 Å². The molecule has 4 heteroatoms. The van der Waals surface area contributed by atoms with Gasteiger partial charge in [0, 0.05) is 25.6 Å². The van der Waals surface area contributed by atoms with Crippen LogP contribution in [-0.4, -0.2) is 34.9 Å². The van der Waals surface area contributed by atoms with Crippen LogP contribution in [0.2, 0.25) is 0 Å². The van der Waals surface area contributed by atoms with Gasteiger partial charge >= 0.3 is 9.28 Å². The predicted molar refractivity (Wildman–Crippen MR) is 67.9 cm³/mol. The van der Waals surface area contributed by atoms with Crippen molar-refractivity contribution in [1.29, 1.82) is 0 Å². The summed E-state index contributed by atoms with van der Waals surface area (Å²) in [5.41, 5.74) is 0. The summed E-state index contributed by atoms with van der Waals surface area (Å²) in [6, 6.07) is 0. The monoisotopic (exact) mass is 231 g/mol. The van der Waals surface area contributed by atoms with Crippen molar-refractivity contribution < 1.29 is 8.85 Å². The first-order valence-corrected chi connectivity index (χ1v) is 7.69. The van der Waals surface area contributed by atoms with Gasteiger partial charge in [-0.25, -0.2) is 0 Å². The zero-order valence-electron chi connectivity index (χ0n) is 10.4. The molecule has 0 aromatic rings. The molecule has 3 nitrogen and oxygen atoms in total. The lowest BCUT2D eigenvalue weighted by atomic mass is 10.2. The first-order chi connectivity index (χ1) is 7.35. The molecule has 0 N–H and O–H groups in total. The molecule has 0 fully saturated rings. The summed E-state index contributed by atoms with van der Waals surface area (Å²) < 4.78 is 11.0. The molecule has 0 aromatic carbocycles. The molecule has 90 valence electrons. The Balaban J connectivity index is 3.50. The second-order valence-corrected chi connectivity index (χ2v) is 5.10. The highest BCUT2D eigenvalue weighted by Crippen LogP contribution is 1.98. The molecule has 0 heterocycles. The van der Waals surface area contributed by atoms with Gasteiger partial charge in [0.05, 0.1) is 0 Å². The maximum absolute atomic E-state index is 5.48. The van der Waals surface area contributed by atoms with E-state index in [1.165, 1.54) is 25.7 Å². The lowest BCUT2D eigenvalue weighted by Gasteiger charge is -2.09. The standard InChI is InChI=1S/C11H25NO2Si/c1-4-7-8-9-10-12-11-15(13-5-2)14-6-3/h11,15H,4-10H2,1-3H3. The molecule has 0 bridgehead atoms. The number of rotatable bonds is 10. The minimum Gasteiger partial charge on any atom is -0.393 e.